The number of carbonyl (C=O) groups excluding carboxylic acids is 1. The van der Waals surface area contributed by atoms with E-state index in [2.05, 4.69) is 5.32 Å². The minimum absolute atomic E-state index is 0. The van der Waals surface area contributed by atoms with Crippen LogP contribution in [0.3, 0.4) is 0 Å². The quantitative estimate of drug-likeness (QED) is 0.392. The van der Waals surface area contributed by atoms with Gasteiger partial charge < -0.3 is 20.1 Å². The second kappa shape index (κ2) is 12.4. The first-order valence-electron chi connectivity index (χ1n) is 12.4. The third-order valence-corrected chi connectivity index (χ3v) is 6.78. The molecular formula is C28H42ClN3O3. The maximum atomic E-state index is 13.6. The van der Waals surface area contributed by atoms with Crippen LogP contribution in [0.15, 0.2) is 36.4 Å². The Bertz CT molecular complexity index is 965. The number of anilines is 3. The SMILES string of the molecule is COc1cc(NC(=O)N(CCC2CCCCC2)c2ccc(N(C)C)cc2)c(O)c(C(C)(C)C)c1.Cl. The maximum Gasteiger partial charge on any atom is 0.326 e. The van der Waals surface area contributed by atoms with Crippen LogP contribution in [0, 0.1) is 5.92 Å². The Kier molecular flexibility index (Phi) is 10.1. The summed E-state index contributed by atoms with van der Waals surface area (Å²) < 4.78 is 5.45. The van der Waals surface area contributed by atoms with Crippen molar-refractivity contribution in [3.05, 3.63) is 42.0 Å². The number of aromatic hydroxyl groups is 1. The van der Waals surface area contributed by atoms with E-state index in [9.17, 15) is 9.90 Å². The highest BCUT2D eigenvalue weighted by Crippen LogP contribution is 2.40. The Hall–Kier alpha value is -2.60. The molecule has 2 amide bonds. The van der Waals surface area contributed by atoms with E-state index >= 15 is 0 Å². The number of halogens is 1. The van der Waals surface area contributed by atoms with Gasteiger partial charge in [0.05, 0.1) is 12.8 Å². The number of carbonyl (C=O) groups is 1. The van der Waals surface area contributed by atoms with Crippen LogP contribution < -0.4 is 19.9 Å². The van der Waals surface area contributed by atoms with Crippen LogP contribution in [0.2, 0.25) is 0 Å². The number of amides is 2. The van der Waals surface area contributed by atoms with Crippen LogP contribution in [0.25, 0.3) is 0 Å². The number of benzene rings is 2. The highest BCUT2D eigenvalue weighted by molar-refractivity contribution is 6.03. The van der Waals surface area contributed by atoms with Crippen molar-refractivity contribution in [1.29, 1.82) is 0 Å². The van der Waals surface area contributed by atoms with Crippen molar-refractivity contribution in [1.82, 2.24) is 0 Å². The molecule has 7 heteroatoms. The molecule has 1 fully saturated rings. The molecule has 0 atom stereocenters. The summed E-state index contributed by atoms with van der Waals surface area (Å²) in [7, 11) is 5.59. The fourth-order valence-electron chi connectivity index (χ4n) is 4.64. The van der Waals surface area contributed by atoms with E-state index in [0.717, 1.165) is 23.4 Å². The zero-order chi connectivity index (χ0) is 24.9. The lowest BCUT2D eigenvalue weighted by atomic mass is 9.85. The first kappa shape index (κ1) is 28.6. The number of nitrogens with one attached hydrogen (secondary N) is 1. The average Bonchev–Trinajstić information content (AvgIpc) is 2.80. The molecule has 0 saturated heterocycles. The van der Waals surface area contributed by atoms with Gasteiger partial charge in [0, 0.05) is 43.6 Å². The number of phenolic OH excluding ortho intramolecular Hbond substituents is 1. The van der Waals surface area contributed by atoms with Crippen LogP contribution in [-0.2, 0) is 5.41 Å². The van der Waals surface area contributed by atoms with E-state index in [0.29, 0.717) is 23.9 Å². The topological polar surface area (TPSA) is 65.0 Å². The maximum absolute atomic E-state index is 13.6. The number of phenols is 1. The largest absolute Gasteiger partial charge is 0.505 e. The Morgan fingerprint density at radius 3 is 2.20 bits per heavy atom. The van der Waals surface area contributed by atoms with Crippen LogP contribution in [-0.4, -0.2) is 38.9 Å². The van der Waals surface area contributed by atoms with Crippen LogP contribution in [0.1, 0.15) is 64.9 Å². The number of ether oxygens (including phenoxy) is 1. The van der Waals surface area contributed by atoms with Gasteiger partial charge in [0.15, 0.2) is 0 Å². The minimum Gasteiger partial charge on any atom is -0.505 e. The Morgan fingerprint density at radius 1 is 1.06 bits per heavy atom. The van der Waals surface area contributed by atoms with E-state index in [1.807, 2.05) is 70.1 Å². The lowest BCUT2D eigenvalue weighted by Crippen LogP contribution is -2.37. The zero-order valence-corrected chi connectivity index (χ0v) is 22.9. The molecule has 1 aliphatic carbocycles. The van der Waals surface area contributed by atoms with Gasteiger partial charge in [-0.25, -0.2) is 4.79 Å². The van der Waals surface area contributed by atoms with Crippen molar-refractivity contribution in [3.63, 3.8) is 0 Å². The first-order valence-corrected chi connectivity index (χ1v) is 12.4. The standard InChI is InChI=1S/C28H41N3O3.ClH/c1-28(2,3)24-18-23(34-6)19-25(26(24)32)29-27(33)31(17-16-20-10-8-7-9-11-20)22-14-12-21(13-15-22)30(4)5;/h12-15,18-20,32H,7-11,16-17H2,1-6H3,(H,29,33);1H. The number of nitrogens with zero attached hydrogens (tertiary/aromatic N) is 2. The number of hydrogen-bond acceptors (Lipinski definition) is 4. The normalized spacial score (nSPS) is 14.1. The lowest BCUT2D eigenvalue weighted by Gasteiger charge is -2.28. The summed E-state index contributed by atoms with van der Waals surface area (Å²) in [5, 5.41) is 14.0. The number of rotatable bonds is 7. The molecule has 0 bridgehead atoms. The molecule has 0 aliphatic heterocycles. The molecule has 2 N–H and O–H groups in total. The van der Waals surface area contributed by atoms with Crippen molar-refractivity contribution in [3.8, 4) is 11.5 Å². The molecule has 1 saturated carbocycles. The summed E-state index contributed by atoms with van der Waals surface area (Å²) in [4.78, 5) is 17.4. The molecule has 2 aromatic rings. The first-order chi connectivity index (χ1) is 16.1. The van der Waals surface area contributed by atoms with E-state index in [1.54, 1.807) is 18.1 Å². The van der Waals surface area contributed by atoms with Crippen LogP contribution >= 0.6 is 12.4 Å². The summed E-state index contributed by atoms with van der Waals surface area (Å²) in [6.45, 7) is 6.70. The Balaban J connectivity index is 0.00000432. The van der Waals surface area contributed by atoms with Crippen LogP contribution in [0.4, 0.5) is 21.9 Å². The van der Waals surface area contributed by atoms with Crippen molar-refractivity contribution < 1.29 is 14.6 Å². The van der Waals surface area contributed by atoms with Gasteiger partial charge in [-0.15, -0.1) is 12.4 Å². The molecule has 0 spiro atoms. The van der Waals surface area contributed by atoms with E-state index < -0.39 is 0 Å². The lowest BCUT2D eigenvalue weighted by molar-refractivity contribution is 0.255. The molecule has 35 heavy (non-hydrogen) atoms. The second-order valence-corrected chi connectivity index (χ2v) is 10.6. The van der Waals surface area contributed by atoms with Crippen molar-refractivity contribution >= 4 is 35.5 Å². The summed E-state index contributed by atoms with van der Waals surface area (Å²) in [5.41, 5.74) is 2.71. The Morgan fingerprint density at radius 2 is 1.66 bits per heavy atom. The van der Waals surface area contributed by atoms with Gasteiger partial charge in [-0.2, -0.15) is 0 Å². The molecule has 2 aromatic carbocycles. The molecular weight excluding hydrogens is 462 g/mol. The summed E-state index contributed by atoms with van der Waals surface area (Å²) in [6, 6.07) is 11.3. The number of methoxy groups -OCH3 is 1. The minimum atomic E-state index is -0.305. The number of urea groups is 1. The fourth-order valence-corrected chi connectivity index (χ4v) is 4.64. The second-order valence-electron chi connectivity index (χ2n) is 10.6. The van der Waals surface area contributed by atoms with Gasteiger partial charge in [-0.05, 0) is 48.1 Å². The molecule has 1 aliphatic rings. The van der Waals surface area contributed by atoms with E-state index in [4.69, 9.17) is 4.74 Å². The monoisotopic (exact) mass is 503 g/mol. The average molecular weight is 504 g/mol. The molecule has 0 heterocycles. The van der Waals surface area contributed by atoms with Gasteiger partial charge in [0.2, 0.25) is 0 Å². The molecule has 0 unspecified atom stereocenters. The zero-order valence-electron chi connectivity index (χ0n) is 22.1. The molecule has 0 aromatic heterocycles. The van der Waals surface area contributed by atoms with Gasteiger partial charge in [-0.1, -0.05) is 52.9 Å². The third kappa shape index (κ3) is 7.44. The van der Waals surface area contributed by atoms with E-state index in [1.165, 1.54) is 32.1 Å². The molecule has 0 radical (unpaired) electrons. The van der Waals surface area contributed by atoms with Gasteiger partial charge in [-0.3, -0.25) is 4.90 Å². The highest BCUT2D eigenvalue weighted by atomic mass is 35.5. The summed E-state index contributed by atoms with van der Waals surface area (Å²) >= 11 is 0. The third-order valence-electron chi connectivity index (χ3n) is 6.78. The fraction of sp³-hybridized carbons (Fsp3) is 0.536. The summed E-state index contributed by atoms with van der Waals surface area (Å²) in [5.74, 6) is 1.33. The predicted molar refractivity (Wildman–Crippen MR) is 149 cm³/mol. The van der Waals surface area contributed by atoms with E-state index in [-0.39, 0.29) is 29.6 Å². The van der Waals surface area contributed by atoms with Gasteiger partial charge in [0.1, 0.15) is 11.5 Å². The predicted octanol–water partition coefficient (Wildman–Crippen LogP) is 7.20. The smallest absolute Gasteiger partial charge is 0.326 e. The van der Waals surface area contributed by atoms with Gasteiger partial charge >= 0.3 is 6.03 Å². The molecule has 3 rings (SSSR count). The van der Waals surface area contributed by atoms with Crippen molar-refractivity contribution in [2.75, 3.05) is 42.9 Å². The molecule has 194 valence electrons. The van der Waals surface area contributed by atoms with Gasteiger partial charge in [0.25, 0.3) is 0 Å². The Labute approximate surface area is 217 Å². The highest BCUT2D eigenvalue weighted by Gasteiger charge is 2.25. The van der Waals surface area contributed by atoms with Crippen molar-refractivity contribution in [2.24, 2.45) is 5.92 Å². The van der Waals surface area contributed by atoms with Crippen LogP contribution in [0.5, 0.6) is 11.5 Å². The van der Waals surface area contributed by atoms with Crippen molar-refractivity contribution in [2.45, 2.75) is 64.7 Å². The summed E-state index contributed by atoms with van der Waals surface area (Å²) in [6.07, 6.45) is 7.32. The molecule has 6 nitrogen and oxygen atoms in total. The number of hydrogen-bond donors (Lipinski definition) is 2.